The second kappa shape index (κ2) is 9.89. The molecule has 0 bridgehead atoms. The standard InChI is InChI=1S/C22H23N3O4S/c1-14(2)29-19-9-17(8-18(10-19)28-6-4-16-5-7-30-13-16)22(27)25-21-12-23-20(11-24-21)15(3)26/h5,7-14,26H,3-4,6H2,1-2H3,(H,24,25,27). The largest absolute Gasteiger partial charge is 0.506 e. The molecule has 3 aromatic rings. The molecule has 1 amide bonds. The number of carbonyl (C=O) groups excluding carboxylic acids is 1. The highest BCUT2D eigenvalue weighted by Gasteiger charge is 2.13. The van der Waals surface area contributed by atoms with Crippen molar-refractivity contribution in [3.05, 3.63) is 70.8 Å². The van der Waals surface area contributed by atoms with Crippen molar-refractivity contribution >= 4 is 28.8 Å². The molecular weight excluding hydrogens is 402 g/mol. The van der Waals surface area contributed by atoms with Gasteiger partial charge in [-0.05, 0) is 48.4 Å². The molecule has 156 valence electrons. The molecule has 0 spiro atoms. The summed E-state index contributed by atoms with van der Waals surface area (Å²) in [5, 5.41) is 16.1. The van der Waals surface area contributed by atoms with Crippen molar-refractivity contribution in [2.24, 2.45) is 0 Å². The van der Waals surface area contributed by atoms with E-state index in [1.54, 1.807) is 29.5 Å². The van der Waals surface area contributed by atoms with Gasteiger partial charge in [-0.1, -0.05) is 6.58 Å². The van der Waals surface area contributed by atoms with E-state index in [1.165, 1.54) is 18.0 Å². The Kier molecular flexibility index (Phi) is 7.03. The predicted octanol–water partition coefficient (Wildman–Crippen LogP) is 4.73. The monoisotopic (exact) mass is 425 g/mol. The van der Waals surface area contributed by atoms with Gasteiger partial charge >= 0.3 is 0 Å². The number of rotatable bonds is 9. The molecule has 0 unspecified atom stereocenters. The minimum absolute atomic E-state index is 0.0491. The van der Waals surface area contributed by atoms with Gasteiger partial charge in [-0.2, -0.15) is 11.3 Å². The Bertz CT molecular complexity index is 1000. The summed E-state index contributed by atoms with van der Waals surface area (Å²) in [6.07, 6.45) is 3.40. The van der Waals surface area contributed by atoms with E-state index in [1.807, 2.05) is 19.2 Å². The van der Waals surface area contributed by atoms with Crippen LogP contribution in [-0.2, 0) is 6.42 Å². The second-order valence-electron chi connectivity index (χ2n) is 6.78. The van der Waals surface area contributed by atoms with Gasteiger partial charge in [0.15, 0.2) is 5.82 Å². The SMILES string of the molecule is C=C(O)c1cnc(NC(=O)c2cc(OCCc3ccsc3)cc(OC(C)C)c2)cn1. The molecule has 0 atom stereocenters. The molecule has 1 aromatic carbocycles. The summed E-state index contributed by atoms with van der Waals surface area (Å²) in [6.45, 7) is 7.70. The summed E-state index contributed by atoms with van der Waals surface area (Å²) in [6, 6.07) is 7.14. The first-order valence-electron chi connectivity index (χ1n) is 9.38. The predicted molar refractivity (Wildman–Crippen MR) is 117 cm³/mol. The van der Waals surface area contributed by atoms with E-state index in [9.17, 15) is 9.90 Å². The van der Waals surface area contributed by atoms with Gasteiger partial charge < -0.3 is 19.9 Å². The van der Waals surface area contributed by atoms with Gasteiger partial charge in [0.2, 0.25) is 0 Å². The number of aliphatic hydroxyl groups is 1. The normalized spacial score (nSPS) is 10.6. The molecule has 0 aliphatic heterocycles. The second-order valence-corrected chi connectivity index (χ2v) is 7.56. The molecular formula is C22H23N3O4S. The van der Waals surface area contributed by atoms with Crippen LogP contribution in [0.1, 0.15) is 35.5 Å². The third kappa shape index (κ3) is 6.05. The molecule has 0 radical (unpaired) electrons. The number of amides is 1. The maximum Gasteiger partial charge on any atom is 0.257 e. The van der Waals surface area contributed by atoms with Crippen molar-refractivity contribution in [2.75, 3.05) is 11.9 Å². The van der Waals surface area contributed by atoms with E-state index in [4.69, 9.17) is 9.47 Å². The summed E-state index contributed by atoms with van der Waals surface area (Å²) >= 11 is 1.65. The average molecular weight is 426 g/mol. The van der Waals surface area contributed by atoms with Gasteiger partial charge in [-0.15, -0.1) is 0 Å². The minimum Gasteiger partial charge on any atom is -0.506 e. The zero-order valence-corrected chi connectivity index (χ0v) is 17.6. The first-order valence-corrected chi connectivity index (χ1v) is 10.3. The number of carbonyl (C=O) groups is 1. The zero-order chi connectivity index (χ0) is 21.5. The van der Waals surface area contributed by atoms with Gasteiger partial charge in [0.1, 0.15) is 23.0 Å². The number of aliphatic hydroxyl groups excluding tert-OH is 1. The summed E-state index contributed by atoms with van der Waals surface area (Å²) in [4.78, 5) is 20.8. The van der Waals surface area contributed by atoms with E-state index in [-0.39, 0.29) is 29.3 Å². The first-order chi connectivity index (χ1) is 14.4. The summed E-state index contributed by atoms with van der Waals surface area (Å²) in [7, 11) is 0. The highest BCUT2D eigenvalue weighted by Crippen LogP contribution is 2.25. The number of nitrogens with zero attached hydrogens (tertiary/aromatic N) is 2. The van der Waals surface area contributed by atoms with Crippen molar-refractivity contribution in [3.8, 4) is 11.5 Å². The topological polar surface area (TPSA) is 93.6 Å². The van der Waals surface area contributed by atoms with Gasteiger partial charge in [0, 0.05) is 18.1 Å². The number of aromatic nitrogens is 2. The number of hydrogen-bond acceptors (Lipinski definition) is 7. The quantitative estimate of drug-likeness (QED) is 0.482. The maximum atomic E-state index is 12.7. The lowest BCUT2D eigenvalue weighted by Crippen LogP contribution is -2.15. The van der Waals surface area contributed by atoms with Crippen molar-refractivity contribution < 1.29 is 19.4 Å². The highest BCUT2D eigenvalue weighted by molar-refractivity contribution is 7.07. The maximum absolute atomic E-state index is 12.7. The van der Waals surface area contributed by atoms with E-state index in [0.717, 1.165) is 6.42 Å². The molecule has 0 aliphatic carbocycles. The fourth-order valence-corrected chi connectivity index (χ4v) is 3.28. The van der Waals surface area contributed by atoms with Crippen LogP contribution in [0.25, 0.3) is 5.76 Å². The Labute approximate surface area is 179 Å². The van der Waals surface area contributed by atoms with Crippen LogP contribution < -0.4 is 14.8 Å². The van der Waals surface area contributed by atoms with Crippen molar-refractivity contribution in [2.45, 2.75) is 26.4 Å². The lowest BCUT2D eigenvalue weighted by Gasteiger charge is -2.14. The number of ether oxygens (including phenoxy) is 2. The number of benzene rings is 1. The number of hydrogen-bond donors (Lipinski definition) is 2. The summed E-state index contributed by atoms with van der Waals surface area (Å²) in [5.74, 6) is 0.771. The Hall–Kier alpha value is -3.39. The zero-order valence-electron chi connectivity index (χ0n) is 16.8. The summed E-state index contributed by atoms with van der Waals surface area (Å²) in [5.41, 5.74) is 1.82. The first kappa shape index (κ1) is 21.3. The van der Waals surface area contributed by atoms with Crippen molar-refractivity contribution in [3.63, 3.8) is 0 Å². The Morgan fingerprint density at radius 3 is 2.67 bits per heavy atom. The molecule has 2 N–H and O–H groups in total. The van der Waals surface area contributed by atoms with E-state index in [2.05, 4.69) is 33.3 Å². The number of thiophene rings is 1. The molecule has 0 aliphatic rings. The van der Waals surface area contributed by atoms with Gasteiger partial charge in [0.25, 0.3) is 5.91 Å². The molecule has 8 heteroatoms. The van der Waals surface area contributed by atoms with Crippen LogP contribution in [0.3, 0.4) is 0 Å². The molecule has 7 nitrogen and oxygen atoms in total. The van der Waals surface area contributed by atoms with Crippen LogP contribution in [-0.4, -0.2) is 33.7 Å². The minimum atomic E-state index is -0.378. The van der Waals surface area contributed by atoms with E-state index >= 15 is 0 Å². The lowest BCUT2D eigenvalue weighted by atomic mass is 10.2. The Balaban J connectivity index is 1.73. The van der Waals surface area contributed by atoms with Crippen LogP contribution in [0.4, 0.5) is 5.82 Å². The highest BCUT2D eigenvalue weighted by atomic mass is 32.1. The molecule has 0 fully saturated rings. The van der Waals surface area contributed by atoms with Crippen LogP contribution in [0, 0.1) is 0 Å². The molecule has 0 saturated carbocycles. The van der Waals surface area contributed by atoms with Crippen LogP contribution in [0.15, 0.2) is 54.0 Å². The molecule has 2 heterocycles. The Morgan fingerprint density at radius 2 is 2.03 bits per heavy atom. The van der Waals surface area contributed by atoms with Crippen LogP contribution >= 0.6 is 11.3 Å². The van der Waals surface area contributed by atoms with Crippen molar-refractivity contribution in [1.82, 2.24) is 9.97 Å². The van der Waals surface area contributed by atoms with Crippen LogP contribution in [0.5, 0.6) is 11.5 Å². The smallest absolute Gasteiger partial charge is 0.257 e. The van der Waals surface area contributed by atoms with Gasteiger partial charge in [-0.3, -0.25) is 4.79 Å². The number of nitrogens with one attached hydrogen (secondary N) is 1. The third-order valence-electron chi connectivity index (χ3n) is 3.94. The molecule has 3 rings (SSSR count). The molecule has 2 aromatic heterocycles. The fourth-order valence-electron chi connectivity index (χ4n) is 2.58. The lowest BCUT2D eigenvalue weighted by molar-refractivity contribution is 0.102. The Morgan fingerprint density at radius 1 is 1.23 bits per heavy atom. The molecule has 30 heavy (non-hydrogen) atoms. The number of anilines is 1. The van der Waals surface area contributed by atoms with Gasteiger partial charge in [0.05, 0.1) is 25.1 Å². The average Bonchev–Trinajstić information content (AvgIpc) is 3.21. The van der Waals surface area contributed by atoms with Crippen molar-refractivity contribution in [1.29, 1.82) is 0 Å². The van der Waals surface area contributed by atoms with Gasteiger partial charge in [-0.25, -0.2) is 9.97 Å². The fraction of sp³-hybridized carbons (Fsp3) is 0.227. The molecule has 0 saturated heterocycles. The van der Waals surface area contributed by atoms with E-state index < -0.39 is 0 Å². The summed E-state index contributed by atoms with van der Waals surface area (Å²) < 4.78 is 11.6. The third-order valence-corrected chi connectivity index (χ3v) is 4.67. The van der Waals surface area contributed by atoms with Crippen LogP contribution in [0.2, 0.25) is 0 Å². The van der Waals surface area contributed by atoms with E-state index in [0.29, 0.717) is 23.7 Å².